The highest BCUT2D eigenvalue weighted by Crippen LogP contribution is 2.40. The lowest BCUT2D eigenvalue weighted by atomic mass is 10.0. The fraction of sp³-hybridized carbons (Fsp3) is 0.219. The Kier molecular flexibility index (Phi) is 8.96. The Bertz CT molecular complexity index is 1380. The van der Waals surface area contributed by atoms with Gasteiger partial charge in [-0.3, -0.25) is 4.79 Å². The standard InChI is InChI=1S/C32H31NO5S/c1-36-28-12-5-6-13-30(28)39-21-27-19-29(23-16-14-22(20-34)15-17-23)38-32(37-27)25-10-7-11-26(18-25)33-31(35)24-8-3-2-4-9-24/h2-18,27,29,32,34H,19-21H2,1H3,(H,33,35)/t27-,29+,32+/m1/s1. The van der Waals surface area contributed by atoms with Crippen molar-refractivity contribution in [1.29, 1.82) is 0 Å². The third-order valence-corrected chi connectivity index (χ3v) is 7.75. The summed E-state index contributed by atoms with van der Waals surface area (Å²) in [5, 5.41) is 12.4. The second-order valence-electron chi connectivity index (χ2n) is 9.26. The number of aliphatic hydroxyl groups excluding tert-OH is 1. The van der Waals surface area contributed by atoms with Crippen LogP contribution in [0.25, 0.3) is 0 Å². The minimum absolute atomic E-state index is 0.00277. The molecule has 3 atom stereocenters. The first kappa shape index (κ1) is 27.0. The van der Waals surface area contributed by atoms with Gasteiger partial charge < -0.3 is 24.6 Å². The number of amides is 1. The Morgan fingerprint density at radius 1 is 0.923 bits per heavy atom. The van der Waals surface area contributed by atoms with Gasteiger partial charge >= 0.3 is 0 Å². The Labute approximate surface area is 232 Å². The zero-order chi connectivity index (χ0) is 27.0. The lowest BCUT2D eigenvalue weighted by Gasteiger charge is -2.36. The summed E-state index contributed by atoms with van der Waals surface area (Å²) < 4.78 is 18.5. The average Bonchev–Trinajstić information content (AvgIpc) is 3.00. The van der Waals surface area contributed by atoms with Gasteiger partial charge in [-0.2, -0.15) is 0 Å². The number of carbonyl (C=O) groups excluding carboxylic acids is 1. The monoisotopic (exact) mass is 541 g/mol. The van der Waals surface area contributed by atoms with Gasteiger partial charge in [0, 0.05) is 33.9 Å². The Morgan fingerprint density at radius 2 is 1.69 bits per heavy atom. The molecule has 0 radical (unpaired) electrons. The van der Waals surface area contributed by atoms with Gasteiger partial charge in [-0.25, -0.2) is 0 Å². The molecular formula is C32H31NO5S. The van der Waals surface area contributed by atoms with Crippen molar-refractivity contribution in [3.8, 4) is 5.75 Å². The predicted octanol–water partition coefficient (Wildman–Crippen LogP) is 6.78. The molecule has 6 nitrogen and oxygen atoms in total. The van der Waals surface area contributed by atoms with Crippen LogP contribution in [0.2, 0.25) is 0 Å². The third-order valence-electron chi connectivity index (χ3n) is 6.56. The van der Waals surface area contributed by atoms with Crippen molar-refractivity contribution < 1.29 is 24.1 Å². The van der Waals surface area contributed by atoms with E-state index in [2.05, 4.69) is 5.32 Å². The number of benzene rings is 4. The molecule has 1 amide bonds. The van der Waals surface area contributed by atoms with Crippen molar-refractivity contribution in [2.75, 3.05) is 18.2 Å². The van der Waals surface area contributed by atoms with Crippen molar-refractivity contribution in [1.82, 2.24) is 0 Å². The zero-order valence-electron chi connectivity index (χ0n) is 21.7. The van der Waals surface area contributed by atoms with Crippen LogP contribution in [0.15, 0.2) is 108 Å². The molecule has 39 heavy (non-hydrogen) atoms. The molecule has 0 saturated carbocycles. The van der Waals surface area contributed by atoms with Crippen LogP contribution < -0.4 is 10.1 Å². The molecule has 0 aromatic heterocycles. The summed E-state index contributed by atoms with van der Waals surface area (Å²) in [4.78, 5) is 13.8. The minimum atomic E-state index is -0.613. The van der Waals surface area contributed by atoms with Crippen molar-refractivity contribution in [2.45, 2.75) is 36.4 Å². The van der Waals surface area contributed by atoms with Crippen LogP contribution in [-0.2, 0) is 16.1 Å². The molecule has 4 aromatic rings. The number of ether oxygens (including phenoxy) is 3. The number of anilines is 1. The first-order chi connectivity index (χ1) is 19.1. The van der Waals surface area contributed by atoms with E-state index in [1.165, 1.54) is 0 Å². The quantitative estimate of drug-likeness (QED) is 0.228. The molecule has 5 rings (SSSR count). The van der Waals surface area contributed by atoms with E-state index < -0.39 is 6.29 Å². The van der Waals surface area contributed by atoms with Crippen molar-refractivity contribution >= 4 is 23.4 Å². The number of hydrogen-bond acceptors (Lipinski definition) is 6. The van der Waals surface area contributed by atoms with Gasteiger partial charge in [0.25, 0.3) is 5.91 Å². The van der Waals surface area contributed by atoms with Crippen LogP contribution in [0.5, 0.6) is 5.75 Å². The number of thioether (sulfide) groups is 1. The SMILES string of the molecule is COc1ccccc1SC[C@H]1C[C@@H](c2ccc(CO)cc2)O[C@@H](c2cccc(NC(=O)c3ccccc3)c2)O1. The van der Waals surface area contributed by atoms with Crippen LogP contribution in [0, 0.1) is 0 Å². The van der Waals surface area contributed by atoms with E-state index >= 15 is 0 Å². The molecule has 1 aliphatic heterocycles. The van der Waals surface area contributed by atoms with Crippen molar-refractivity contribution in [2.24, 2.45) is 0 Å². The van der Waals surface area contributed by atoms with Gasteiger partial charge in [-0.1, -0.05) is 66.7 Å². The van der Waals surface area contributed by atoms with Crippen LogP contribution in [0.3, 0.4) is 0 Å². The smallest absolute Gasteiger partial charge is 0.255 e. The summed E-state index contributed by atoms with van der Waals surface area (Å²) >= 11 is 1.69. The molecule has 1 heterocycles. The van der Waals surface area contributed by atoms with Gasteiger partial charge in [-0.05, 0) is 47.5 Å². The third kappa shape index (κ3) is 6.88. The zero-order valence-corrected chi connectivity index (χ0v) is 22.5. The van der Waals surface area contributed by atoms with Gasteiger partial charge in [0.15, 0.2) is 6.29 Å². The van der Waals surface area contributed by atoms with Gasteiger partial charge in [0.05, 0.1) is 25.9 Å². The normalized spacial score (nSPS) is 18.9. The predicted molar refractivity (Wildman–Crippen MR) is 153 cm³/mol. The number of hydrogen-bond donors (Lipinski definition) is 2. The van der Waals surface area contributed by atoms with Gasteiger partial charge in [0.2, 0.25) is 0 Å². The molecule has 200 valence electrons. The number of para-hydroxylation sites is 1. The number of rotatable bonds is 9. The highest BCUT2D eigenvalue weighted by Gasteiger charge is 2.32. The van der Waals surface area contributed by atoms with E-state index in [1.807, 2.05) is 91.0 Å². The maximum atomic E-state index is 12.7. The summed E-state index contributed by atoms with van der Waals surface area (Å²) in [5.41, 5.74) is 3.97. The largest absolute Gasteiger partial charge is 0.496 e. The Hall–Kier alpha value is -3.62. The number of methoxy groups -OCH3 is 1. The summed E-state index contributed by atoms with van der Waals surface area (Å²) in [6.45, 7) is -0.00277. The summed E-state index contributed by atoms with van der Waals surface area (Å²) in [7, 11) is 1.68. The number of aliphatic hydroxyl groups is 1. The first-order valence-electron chi connectivity index (χ1n) is 12.9. The minimum Gasteiger partial charge on any atom is -0.496 e. The van der Waals surface area contributed by atoms with Crippen molar-refractivity contribution in [3.05, 3.63) is 125 Å². The molecule has 0 spiro atoms. The molecule has 4 aromatic carbocycles. The summed E-state index contributed by atoms with van der Waals surface area (Å²) in [6, 6.07) is 32.5. The van der Waals surface area contributed by atoms with Crippen molar-refractivity contribution in [3.63, 3.8) is 0 Å². The Morgan fingerprint density at radius 3 is 2.46 bits per heavy atom. The molecule has 1 fully saturated rings. The molecular weight excluding hydrogens is 510 g/mol. The first-order valence-corrected chi connectivity index (χ1v) is 13.8. The lowest BCUT2D eigenvalue weighted by molar-refractivity contribution is -0.245. The van der Waals surface area contributed by atoms with E-state index in [9.17, 15) is 9.90 Å². The molecule has 0 aliphatic carbocycles. The lowest BCUT2D eigenvalue weighted by Crippen LogP contribution is -2.31. The van der Waals surface area contributed by atoms with Crippen LogP contribution in [0.4, 0.5) is 5.69 Å². The highest BCUT2D eigenvalue weighted by molar-refractivity contribution is 7.99. The fourth-order valence-electron chi connectivity index (χ4n) is 4.50. The maximum absolute atomic E-state index is 12.7. The topological polar surface area (TPSA) is 77.0 Å². The summed E-state index contributed by atoms with van der Waals surface area (Å²) in [6.07, 6.45) is -0.217. The molecule has 7 heteroatoms. The second kappa shape index (κ2) is 13.0. The summed E-state index contributed by atoms with van der Waals surface area (Å²) in [5.74, 6) is 1.38. The van der Waals surface area contributed by atoms with E-state index in [0.29, 0.717) is 17.7 Å². The van der Waals surface area contributed by atoms with E-state index in [1.54, 1.807) is 31.0 Å². The van der Waals surface area contributed by atoms with Crippen LogP contribution >= 0.6 is 11.8 Å². The van der Waals surface area contributed by atoms with E-state index in [0.717, 1.165) is 33.1 Å². The second-order valence-corrected chi connectivity index (χ2v) is 10.3. The maximum Gasteiger partial charge on any atom is 0.255 e. The number of carbonyl (C=O) groups is 1. The van der Waals surface area contributed by atoms with Crippen LogP contribution in [0.1, 0.15) is 45.9 Å². The fourth-order valence-corrected chi connectivity index (χ4v) is 5.55. The van der Waals surface area contributed by atoms with Gasteiger partial charge in [0.1, 0.15) is 5.75 Å². The molecule has 0 unspecified atom stereocenters. The molecule has 1 aliphatic rings. The van der Waals surface area contributed by atoms with Gasteiger partial charge in [-0.15, -0.1) is 11.8 Å². The highest BCUT2D eigenvalue weighted by atomic mass is 32.2. The van der Waals surface area contributed by atoms with E-state index in [4.69, 9.17) is 14.2 Å². The molecule has 1 saturated heterocycles. The van der Waals surface area contributed by atoms with Crippen LogP contribution in [-0.4, -0.2) is 30.0 Å². The Balaban J connectivity index is 1.36. The van der Waals surface area contributed by atoms with E-state index in [-0.39, 0.29) is 24.7 Å². The average molecular weight is 542 g/mol. The number of nitrogens with one attached hydrogen (secondary N) is 1. The molecule has 2 N–H and O–H groups in total. The molecule has 0 bridgehead atoms.